The fourth-order valence-electron chi connectivity index (χ4n) is 1.65. The number of guanidine groups is 1. The predicted molar refractivity (Wildman–Crippen MR) is 97.1 cm³/mol. The Morgan fingerprint density at radius 1 is 1.30 bits per heavy atom. The van der Waals surface area contributed by atoms with Crippen molar-refractivity contribution in [2.45, 2.75) is 12.8 Å². The second-order valence-corrected chi connectivity index (χ2v) is 5.54. The van der Waals surface area contributed by atoms with Crippen LogP contribution in [0.2, 0.25) is 0 Å². The van der Waals surface area contributed by atoms with Crippen molar-refractivity contribution >= 4 is 45.9 Å². The van der Waals surface area contributed by atoms with E-state index in [4.69, 9.17) is 4.74 Å². The molecule has 1 aromatic carbocycles. The Balaban J connectivity index is 0.00000200. The molecule has 0 aromatic heterocycles. The summed E-state index contributed by atoms with van der Waals surface area (Å²) >= 11 is 3.40. The predicted octanol–water partition coefficient (Wildman–Crippen LogP) is 3.02. The maximum Gasteiger partial charge on any atom is 0.191 e. The lowest BCUT2D eigenvalue weighted by molar-refractivity contribution is 0.322. The van der Waals surface area contributed by atoms with Gasteiger partial charge in [0.2, 0.25) is 0 Å². The zero-order valence-corrected chi connectivity index (χ0v) is 15.5. The largest absolute Gasteiger partial charge is 0.492 e. The number of ether oxygens (including phenoxy) is 1. The fourth-order valence-corrected chi connectivity index (χ4v) is 1.92. The van der Waals surface area contributed by atoms with Gasteiger partial charge < -0.3 is 15.4 Å². The molecular weight excluding hydrogens is 433 g/mol. The van der Waals surface area contributed by atoms with Crippen LogP contribution in [-0.2, 0) is 0 Å². The van der Waals surface area contributed by atoms with Crippen LogP contribution in [0.1, 0.15) is 12.8 Å². The van der Waals surface area contributed by atoms with Gasteiger partial charge in [-0.05, 0) is 43.0 Å². The van der Waals surface area contributed by atoms with Crippen molar-refractivity contribution in [2.24, 2.45) is 10.9 Å². The lowest BCUT2D eigenvalue weighted by Gasteiger charge is -2.12. The van der Waals surface area contributed by atoms with Gasteiger partial charge in [-0.2, -0.15) is 0 Å². The molecule has 6 heteroatoms. The van der Waals surface area contributed by atoms with Gasteiger partial charge in [0.1, 0.15) is 12.4 Å². The lowest BCUT2D eigenvalue weighted by atomic mass is 10.3. The molecule has 1 aliphatic rings. The van der Waals surface area contributed by atoms with E-state index < -0.39 is 0 Å². The number of nitrogens with zero attached hydrogens (tertiary/aromatic N) is 1. The maximum atomic E-state index is 5.63. The Morgan fingerprint density at radius 3 is 2.60 bits per heavy atom. The highest BCUT2D eigenvalue weighted by Gasteiger charge is 2.20. The van der Waals surface area contributed by atoms with Crippen molar-refractivity contribution in [2.75, 3.05) is 26.7 Å². The van der Waals surface area contributed by atoms with E-state index >= 15 is 0 Å². The molecular formula is C14H21BrIN3O. The molecule has 0 spiro atoms. The second-order valence-electron chi connectivity index (χ2n) is 4.63. The molecule has 0 heterocycles. The molecule has 1 aromatic rings. The highest BCUT2D eigenvalue weighted by molar-refractivity contribution is 14.0. The van der Waals surface area contributed by atoms with Gasteiger partial charge in [-0.3, -0.25) is 4.99 Å². The topological polar surface area (TPSA) is 45.7 Å². The number of hydrogen-bond donors (Lipinski definition) is 2. The van der Waals surface area contributed by atoms with E-state index in [0.717, 1.165) is 35.2 Å². The Bertz CT molecular complexity index is 421. The maximum absolute atomic E-state index is 5.63. The molecule has 0 unspecified atom stereocenters. The highest BCUT2D eigenvalue weighted by Crippen LogP contribution is 2.27. The average molecular weight is 454 g/mol. The van der Waals surface area contributed by atoms with Crippen LogP contribution in [0.15, 0.2) is 33.7 Å². The molecule has 0 aliphatic heterocycles. The molecule has 2 N–H and O–H groups in total. The quantitative estimate of drug-likeness (QED) is 0.301. The van der Waals surface area contributed by atoms with Gasteiger partial charge in [0.25, 0.3) is 0 Å². The fraction of sp³-hybridized carbons (Fsp3) is 0.500. The number of nitrogens with one attached hydrogen (secondary N) is 2. The molecule has 2 rings (SSSR count). The third-order valence-electron chi connectivity index (χ3n) is 2.96. The second kappa shape index (κ2) is 9.44. The van der Waals surface area contributed by atoms with E-state index in [0.29, 0.717) is 6.61 Å². The van der Waals surface area contributed by atoms with Crippen LogP contribution in [0.5, 0.6) is 5.75 Å². The molecule has 0 atom stereocenters. The van der Waals surface area contributed by atoms with E-state index in [9.17, 15) is 0 Å². The SMILES string of the molecule is CN=C(NCCOc1ccc(Br)cc1)NCC1CC1.I. The van der Waals surface area contributed by atoms with Gasteiger partial charge in [0, 0.05) is 18.1 Å². The number of hydrogen-bond acceptors (Lipinski definition) is 2. The number of rotatable bonds is 6. The zero-order chi connectivity index (χ0) is 13.5. The van der Waals surface area contributed by atoms with E-state index in [1.54, 1.807) is 7.05 Å². The van der Waals surface area contributed by atoms with Crippen molar-refractivity contribution in [1.82, 2.24) is 10.6 Å². The van der Waals surface area contributed by atoms with E-state index in [1.165, 1.54) is 12.8 Å². The van der Waals surface area contributed by atoms with Crippen LogP contribution >= 0.6 is 39.9 Å². The van der Waals surface area contributed by atoms with Gasteiger partial charge in [0.15, 0.2) is 5.96 Å². The smallest absolute Gasteiger partial charge is 0.191 e. The molecule has 112 valence electrons. The lowest BCUT2D eigenvalue weighted by Crippen LogP contribution is -2.40. The van der Waals surface area contributed by atoms with Gasteiger partial charge in [0.05, 0.1) is 6.54 Å². The zero-order valence-electron chi connectivity index (χ0n) is 11.6. The van der Waals surface area contributed by atoms with Gasteiger partial charge in [-0.25, -0.2) is 0 Å². The van der Waals surface area contributed by atoms with Crippen LogP contribution in [0.3, 0.4) is 0 Å². The highest BCUT2D eigenvalue weighted by atomic mass is 127. The van der Waals surface area contributed by atoms with Gasteiger partial charge in [-0.1, -0.05) is 15.9 Å². The summed E-state index contributed by atoms with van der Waals surface area (Å²) < 4.78 is 6.69. The van der Waals surface area contributed by atoms with Crippen molar-refractivity contribution in [1.29, 1.82) is 0 Å². The Hall–Kier alpha value is -0.500. The minimum Gasteiger partial charge on any atom is -0.492 e. The molecule has 20 heavy (non-hydrogen) atoms. The summed E-state index contributed by atoms with van der Waals surface area (Å²) in [6.07, 6.45) is 2.69. The summed E-state index contributed by atoms with van der Waals surface area (Å²) in [5, 5.41) is 6.55. The first kappa shape index (κ1) is 17.6. The summed E-state index contributed by atoms with van der Waals surface area (Å²) in [4.78, 5) is 4.18. The molecule has 0 amide bonds. The van der Waals surface area contributed by atoms with Crippen LogP contribution < -0.4 is 15.4 Å². The number of benzene rings is 1. The minimum atomic E-state index is 0. The molecule has 1 aliphatic carbocycles. The van der Waals surface area contributed by atoms with E-state index in [2.05, 4.69) is 31.6 Å². The number of halogens is 2. The number of aliphatic imine (C=N–C) groups is 1. The molecule has 0 radical (unpaired) electrons. The molecule has 1 fully saturated rings. The Kier molecular flexibility index (Phi) is 8.28. The summed E-state index contributed by atoms with van der Waals surface area (Å²) in [6, 6.07) is 7.84. The monoisotopic (exact) mass is 453 g/mol. The van der Waals surface area contributed by atoms with Crippen molar-refractivity contribution < 1.29 is 4.74 Å². The Morgan fingerprint density at radius 2 is 2.00 bits per heavy atom. The van der Waals surface area contributed by atoms with Crippen LogP contribution in [0.25, 0.3) is 0 Å². The first-order valence-electron chi connectivity index (χ1n) is 6.61. The van der Waals surface area contributed by atoms with Crippen LogP contribution in [-0.4, -0.2) is 32.7 Å². The van der Waals surface area contributed by atoms with E-state index in [-0.39, 0.29) is 24.0 Å². The van der Waals surface area contributed by atoms with Crippen molar-refractivity contribution in [3.63, 3.8) is 0 Å². The third kappa shape index (κ3) is 6.78. The summed E-state index contributed by atoms with van der Waals surface area (Å²) in [5.41, 5.74) is 0. The summed E-state index contributed by atoms with van der Waals surface area (Å²) in [6.45, 7) is 2.37. The summed E-state index contributed by atoms with van der Waals surface area (Å²) in [5.74, 6) is 2.58. The van der Waals surface area contributed by atoms with Gasteiger partial charge >= 0.3 is 0 Å². The van der Waals surface area contributed by atoms with Crippen LogP contribution in [0.4, 0.5) is 0 Å². The van der Waals surface area contributed by atoms with Gasteiger partial charge in [-0.15, -0.1) is 24.0 Å². The van der Waals surface area contributed by atoms with Crippen molar-refractivity contribution in [3.05, 3.63) is 28.7 Å². The van der Waals surface area contributed by atoms with Crippen LogP contribution in [0, 0.1) is 5.92 Å². The van der Waals surface area contributed by atoms with E-state index in [1.807, 2.05) is 24.3 Å². The molecule has 4 nitrogen and oxygen atoms in total. The third-order valence-corrected chi connectivity index (χ3v) is 3.48. The molecule has 1 saturated carbocycles. The summed E-state index contributed by atoms with van der Waals surface area (Å²) in [7, 11) is 1.79. The standard InChI is InChI=1S/C14H20BrN3O.HI/c1-16-14(18-10-11-2-3-11)17-8-9-19-13-6-4-12(15)5-7-13;/h4-7,11H,2-3,8-10H2,1H3,(H2,16,17,18);1H. The molecule has 0 bridgehead atoms. The first-order chi connectivity index (χ1) is 9.28. The Labute approximate surface area is 145 Å². The minimum absolute atomic E-state index is 0. The normalized spacial score (nSPS) is 14.4. The first-order valence-corrected chi connectivity index (χ1v) is 7.40. The van der Waals surface area contributed by atoms with Crippen molar-refractivity contribution in [3.8, 4) is 5.75 Å². The average Bonchev–Trinajstić information content (AvgIpc) is 3.24. The molecule has 0 saturated heterocycles.